The third-order valence-electron chi connectivity index (χ3n) is 4.18. The van der Waals surface area contributed by atoms with Gasteiger partial charge in [0, 0.05) is 6.54 Å². The average Bonchev–Trinajstić information content (AvgIpc) is 3.05. The summed E-state index contributed by atoms with van der Waals surface area (Å²) in [6, 6.07) is 9.88. The summed E-state index contributed by atoms with van der Waals surface area (Å²) < 4.78 is 29.6. The van der Waals surface area contributed by atoms with Crippen LogP contribution in [0.3, 0.4) is 0 Å². The molecule has 0 bridgehead atoms. The van der Waals surface area contributed by atoms with Crippen molar-refractivity contribution in [2.45, 2.75) is 30.8 Å². The lowest BCUT2D eigenvalue weighted by atomic mass is 10.2. The van der Waals surface area contributed by atoms with Crippen LogP contribution in [0.15, 0.2) is 47.5 Å². The van der Waals surface area contributed by atoms with Gasteiger partial charge in [-0.2, -0.15) is 8.42 Å². The topological polar surface area (TPSA) is 73.7 Å². The molecule has 3 rings (SSSR count). The summed E-state index contributed by atoms with van der Waals surface area (Å²) in [5, 5.41) is 0.555. The van der Waals surface area contributed by atoms with Crippen LogP contribution in [-0.4, -0.2) is 49.7 Å². The molecule has 1 unspecified atom stereocenters. The molecule has 8 heteroatoms. The smallest absolute Gasteiger partial charge is 0.294 e. The van der Waals surface area contributed by atoms with E-state index in [0.717, 1.165) is 17.8 Å². The largest absolute Gasteiger partial charge is 0.355 e. The molecule has 6 nitrogen and oxygen atoms in total. The van der Waals surface area contributed by atoms with E-state index in [9.17, 15) is 8.42 Å². The van der Waals surface area contributed by atoms with Gasteiger partial charge in [-0.15, -0.1) is 0 Å². The molecular weight excluding hydrogens is 374 g/mol. The number of hydrogen-bond donors (Lipinski definition) is 1. The molecule has 0 aliphatic carbocycles. The summed E-state index contributed by atoms with van der Waals surface area (Å²) in [7, 11) is 0.215. The summed E-state index contributed by atoms with van der Waals surface area (Å²) >= 11 is 5.78. The van der Waals surface area contributed by atoms with Crippen molar-refractivity contribution in [1.29, 1.82) is 0 Å². The summed E-state index contributed by atoms with van der Waals surface area (Å²) in [6.45, 7) is 2.94. The third-order valence-corrected chi connectivity index (χ3v) is 5.27. The van der Waals surface area contributed by atoms with Gasteiger partial charge in [0.05, 0.1) is 22.9 Å². The Kier molecular flexibility index (Phi) is 7.00. The van der Waals surface area contributed by atoms with Gasteiger partial charge in [0.1, 0.15) is 5.15 Å². The highest BCUT2D eigenvalue weighted by atomic mass is 35.5. The van der Waals surface area contributed by atoms with E-state index in [1.807, 2.05) is 25.3 Å². The second-order valence-corrected chi connectivity index (χ2v) is 8.22. The quantitative estimate of drug-likeness (QED) is 0.631. The maximum Gasteiger partial charge on any atom is 0.294 e. The molecule has 1 atom stereocenters. The Hall–Kier alpha value is -1.67. The first-order valence-corrected chi connectivity index (χ1v) is 10.1. The molecule has 1 aliphatic heterocycles. The zero-order chi connectivity index (χ0) is 19.3. The molecule has 142 valence electrons. The van der Waals surface area contributed by atoms with Crippen LogP contribution >= 0.6 is 11.6 Å². The number of hydrogen-bond acceptors (Lipinski definition) is 5. The van der Waals surface area contributed by atoms with Crippen LogP contribution in [0.2, 0.25) is 5.15 Å². The van der Waals surface area contributed by atoms with E-state index in [1.165, 1.54) is 25.0 Å². The van der Waals surface area contributed by atoms with Gasteiger partial charge < -0.3 is 4.90 Å². The van der Waals surface area contributed by atoms with Crippen molar-refractivity contribution in [3.63, 3.8) is 0 Å². The van der Waals surface area contributed by atoms with Gasteiger partial charge in [0.25, 0.3) is 10.1 Å². The minimum atomic E-state index is -4.02. The maximum atomic E-state index is 10.5. The predicted molar refractivity (Wildman–Crippen MR) is 104 cm³/mol. The second-order valence-electron chi connectivity index (χ2n) is 6.41. The molecule has 1 saturated heterocycles. The van der Waals surface area contributed by atoms with Gasteiger partial charge in [-0.1, -0.05) is 29.3 Å². The normalized spacial score (nSPS) is 17.2. The van der Waals surface area contributed by atoms with Gasteiger partial charge in [0.15, 0.2) is 0 Å². The van der Waals surface area contributed by atoms with Crippen molar-refractivity contribution in [3.8, 4) is 0 Å². The van der Waals surface area contributed by atoms with E-state index >= 15 is 0 Å². The number of pyridine rings is 1. The van der Waals surface area contributed by atoms with Crippen LogP contribution in [0.25, 0.3) is 0 Å². The van der Waals surface area contributed by atoms with Gasteiger partial charge in [-0.3, -0.25) is 9.45 Å². The first-order valence-electron chi connectivity index (χ1n) is 8.27. The lowest BCUT2D eigenvalue weighted by Crippen LogP contribution is -2.40. The molecule has 2 aromatic rings. The SMILES string of the molecule is CN(C)C1CCCN1c1ccc(Cl)nc1.Cc1ccc(S(=O)(=O)O)cc1. The van der Waals surface area contributed by atoms with Crippen molar-refractivity contribution in [2.24, 2.45) is 0 Å². The summed E-state index contributed by atoms with van der Waals surface area (Å²) in [6.07, 6.45) is 4.80. The average molecular weight is 398 g/mol. The van der Waals surface area contributed by atoms with Gasteiger partial charge >= 0.3 is 0 Å². The van der Waals surface area contributed by atoms with Gasteiger partial charge in [-0.05, 0) is 58.1 Å². The highest BCUT2D eigenvalue weighted by molar-refractivity contribution is 7.85. The fourth-order valence-electron chi connectivity index (χ4n) is 2.84. The first-order chi connectivity index (χ1) is 12.2. The van der Waals surface area contributed by atoms with Gasteiger partial charge in [0.2, 0.25) is 0 Å². The predicted octanol–water partition coefficient (Wildman–Crippen LogP) is 3.46. The number of benzene rings is 1. The van der Waals surface area contributed by atoms with E-state index < -0.39 is 10.1 Å². The zero-order valence-electron chi connectivity index (χ0n) is 15.1. The van der Waals surface area contributed by atoms with Crippen LogP contribution in [0.5, 0.6) is 0 Å². The minimum Gasteiger partial charge on any atom is -0.355 e. The van der Waals surface area contributed by atoms with Crippen molar-refractivity contribution in [2.75, 3.05) is 25.5 Å². The lowest BCUT2D eigenvalue weighted by molar-refractivity contribution is 0.301. The molecule has 0 radical (unpaired) electrons. The van der Waals surface area contributed by atoms with Crippen molar-refractivity contribution >= 4 is 27.4 Å². The fourth-order valence-corrected chi connectivity index (χ4v) is 3.43. The molecule has 0 saturated carbocycles. The Labute approximate surface area is 160 Å². The van der Waals surface area contributed by atoms with Crippen molar-refractivity contribution < 1.29 is 13.0 Å². The molecule has 0 spiro atoms. The Morgan fingerprint density at radius 1 is 1.19 bits per heavy atom. The Morgan fingerprint density at radius 3 is 2.35 bits per heavy atom. The van der Waals surface area contributed by atoms with Crippen LogP contribution in [0.1, 0.15) is 18.4 Å². The monoisotopic (exact) mass is 397 g/mol. The molecule has 1 N–H and O–H groups in total. The molecule has 1 aliphatic rings. The summed E-state index contributed by atoms with van der Waals surface area (Å²) in [5.74, 6) is 0. The number of nitrogens with zero attached hydrogens (tertiary/aromatic N) is 3. The fraction of sp³-hybridized carbons (Fsp3) is 0.389. The van der Waals surface area contributed by atoms with Crippen molar-refractivity contribution in [1.82, 2.24) is 9.88 Å². The zero-order valence-corrected chi connectivity index (χ0v) is 16.7. The molecule has 26 heavy (non-hydrogen) atoms. The highest BCUT2D eigenvalue weighted by Gasteiger charge is 2.26. The molecule has 1 fully saturated rings. The molecule has 2 heterocycles. The third kappa shape index (κ3) is 5.67. The lowest BCUT2D eigenvalue weighted by Gasteiger charge is -2.31. The van der Waals surface area contributed by atoms with Crippen LogP contribution in [0.4, 0.5) is 5.69 Å². The molecule has 1 aromatic heterocycles. The number of aryl methyl sites for hydroxylation is 1. The van der Waals surface area contributed by atoms with Crippen LogP contribution in [0, 0.1) is 6.92 Å². The minimum absolute atomic E-state index is 0.0666. The molecule has 1 aromatic carbocycles. The standard InChI is InChI=1S/C11H16ClN3.C7H8O3S/c1-14(2)11-4-3-7-15(11)9-5-6-10(12)13-8-9;1-6-2-4-7(5-3-6)11(8,9)10/h5-6,8,11H,3-4,7H2,1-2H3;2-5H,1H3,(H,8,9,10). The summed E-state index contributed by atoms with van der Waals surface area (Å²) in [4.78, 5) is 8.69. The van der Waals surface area contributed by atoms with Crippen molar-refractivity contribution in [3.05, 3.63) is 53.3 Å². The Bertz CT molecular complexity index is 809. The van der Waals surface area contributed by atoms with E-state index in [0.29, 0.717) is 11.3 Å². The second kappa shape index (κ2) is 8.81. The maximum absolute atomic E-state index is 10.5. The number of rotatable bonds is 3. The Balaban J connectivity index is 0.000000197. The van der Waals surface area contributed by atoms with E-state index in [2.05, 4.69) is 28.9 Å². The van der Waals surface area contributed by atoms with E-state index in [-0.39, 0.29) is 4.90 Å². The first kappa shape index (κ1) is 20.6. The Morgan fingerprint density at radius 2 is 1.85 bits per heavy atom. The molecule has 0 amide bonds. The summed E-state index contributed by atoms with van der Waals surface area (Å²) in [5.41, 5.74) is 2.12. The van der Waals surface area contributed by atoms with E-state index in [1.54, 1.807) is 12.1 Å². The molecular formula is C18H24ClN3O3S. The van der Waals surface area contributed by atoms with Gasteiger partial charge in [-0.25, -0.2) is 4.98 Å². The number of anilines is 1. The van der Waals surface area contributed by atoms with Crippen LogP contribution < -0.4 is 4.90 Å². The van der Waals surface area contributed by atoms with E-state index in [4.69, 9.17) is 16.2 Å². The number of aromatic nitrogens is 1. The number of halogens is 1. The highest BCUT2D eigenvalue weighted by Crippen LogP contribution is 2.26. The van der Waals surface area contributed by atoms with Crippen LogP contribution in [-0.2, 0) is 10.1 Å².